The van der Waals surface area contributed by atoms with Crippen LogP contribution in [-0.4, -0.2) is 47.9 Å². The minimum atomic E-state index is -1.27. The number of carbonyl (C=O) groups is 3. The lowest BCUT2D eigenvalue weighted by molar-refractivity contribution is -0.131. The molecule has 8 nitrogen and oxygen atoms in total. The van der Waals surface area contributed by atoms with Crippen molar-refractivity contribution in [2.45, 2.75) is 44.2 Å². The summed E-state index contributed by atoms with van der Waals surface area (Å²) in [7, 11) is 0. The number of nitrogens with zero attached hydrogens (tertiary/aromatic N) is 1. The lowest BCUT2D eigenvalue weighted by Crippen LogP contribution is -2.56. The van der Waals surface area contributed by atoms with Gasteiger partial charge in [0.15, 0.2) is 17.5 Å². The Balaban J connectivity index is 1.47. The summed E-state index contributed by atoms with van der Waals surface area (Å²) in [5, 5.41) is 5.59. The molecule has 2 aromatic rings. The summed E-state index contributed by atoms with van der Waals surface area (Å²) >= 11 is 0. The quantitative estimate of drug-likeness (QED) is 0.722. The van der Waals surface area contributed by atoms with Crippen molar-refractivity contribution in [2.24, 2.45) is 0 Å². The van der Waals surface area contributed by atoms with Gasteiger partial charge in [-0.1, -0.05) is 31.4 Å². The van der Waals surface area contributed by atoms with Crippen LogP contribution in [0.25, 0.3) is 0 Å². The standard InChI is InChI=1S/C24H25N3O5/c28-22(25-15-10-11-19-20(14-15)32-13-12-31-19)21-23(29)26-18-9-5-4-8-17(18)24(30)27(21)16-6-2-1-3-7-16/h4-5,8-11,14,16,21H,1-3,6-7,12-13H2,(H,25,28)(H,26,29). The predicted octanol–water partition coefficient (Wildman–Crippen LogP) is 3.19. The fourth-order valence-electron chi connectivity index (χ4n) is 4.68. The lowest BCUT2D eigenvalue weighted by atomic mass is 9.92. The van der Waals surface area contributed by atoms with Crippen LogP contribution in [0.5, 0.6) is 11.5 Å². The van der Waals surface area contributed by atoms with Gasteiger partial charge in [-0.25, -0.2) is 0 Å². The van der Waals surface area contributed by atoms with E-state index in [4.69, 9.17) is 9.47 Å². The molecule has 0 spiro atoms. The molecule has 166 valence electrons. The summed E-state index contributed by atoms with van der Waals surface area (Å²) in [4.78, 5) is 41.7. The van der Waals surface area contributed by atoms with Gasteiger partial charge in [0, 0.05) is 17.8 Å². The van der Waals surface area contributed by atoms with Crippen LogP contribution in [0.15, 0.2) is 42.5 Å². The van der Waals surface area contributed by atoms with Crippen LogP contribution in [0.4, 0.5) is 11.4 Å². The summed E-state index contributed by atoms with van der Waals surface area (Å²) in [6.45, 7) is 0.900. The van der Waals surface area contributed by atoms with Crippen molar-refractivity contribution < 1.29 is 23.9 Å². The van der Waals surface area contributed by atoms with Crippen molar-refractivity contribution in [3.8, 4) is 11.5 Å². The van der Waals surface area contributed by atoms with Gasteiger partial charge in [0.1, 0.15) is 13.2 Å². The summed E-state index contributed by atoms with van der Waals surface area (Å²) in [6.07, 6.45) is 4.57. The monoisotopic (exact) mass is 435 g/mol. The molecule has 8 heteroatoms. The van der Waals surface area contributed by atoms with Gasteiger partial charge in [-0.2, -0.15) is 0 Å². The number of ether oxygens (including phenoxy) is 2. The number of hydrogen-bond donors (Lipinski definition) is 2. The van der Waals surface area contributed by atoms with Gasteiger partial charge < -0.3 is 25.0 Å². The highest BCUT2D eigenvalue weighted by atomic mass is 16.6. The van der Waals surface area contributed by atoms with Crippen LogP contribution in [0, 0.1) is 0 Å². The van der Waals surface area contributed by atoms with Crippen molar-refractivity contribution in [1.29, 1.82) is 0 Å². The van der Waals surface area contributed by atoms with Gasteiger partial charge in [0.25, 0.3) is 17.7 Å². The Morgan fingerprint density at radius 1 is 0.969 bits per heavy atom. The van der Waals surface area contributed by atoms with E-state index in [9.17, 15) is 14.4 Å². The third-order valence-electron chi connectivity index (χ3n) is 6.20. The molecule has 3 aliphatic rings. The average Bonchev–Trinajstić information content (AvgIpc) is 2.93. The second-order valence-corrected chi connectivity index (χ2v) is 8.29. The molecule has 1 atom stereocenters. The number of carbonyl (C=O) groups excluding carboxylic acids is 3. The molecule has 0 aromatic heterocycles. The predicted molar refractivity (Wildman–Crippen MR) is 118 cm³/mol. The van der Waals surface area contributed by atoms with Gasteiger partial charge >= 0.3 is 0 Å². The topological polar surface area (TPSA) is 97.0 Å². The van der Waals surface area contributed by atoms with E-state index in [2.05, 4.69) is 10.6 Å². The number of amides is 3. The maximum atomic E-state index is 13.6. The zero-order chi connectivity index (χ0) is 22.1. The highest BCUT2D eigenvalue weighted by molar-refractivity contribution is 6.20. The molecule has 5 rings (SSSR count). The molecule has 1 unspecified atom stereocenters. The Hall–Kier alpha value is -3.55. The highest BCUT2D eigenvalue weighted by Gasteiger charge is 2.43. The number of para-hydroxylation sites is 1. The third kappa shape index (κ3) is 3.77. The minimum Gasteiger partial charge on any atom is -0.486 e. The third-order valence-corrected chi connectivity index (χ3v) is 6.20. The molecule has 1 aliphatic carbocycles. The Kier molecular flexibility index (Phi) is 5.43. The van der Waals surface area contributed by atoms with Gasteiger partial charge in [-0.15, -0.1) is 0 Å². The fraction of sp³-hybridized carbons (Fsp3) is 0.375. The Labute approximate surface area is 185 Å². The van der Waals surface area contributed by atoms with Crippen molar-refractivity contribution in [3.05, 3.63) is 48.0 Å². The zero-order valence-corrected chi connectivity index (χ0v) is 17.6. The lowest BCUT2D eigenvalue weighted by Gasteiger charge is -2.37. The number of benzene rings is 2. The van der Waals surface area contributed by atoms with Gasteiger partial charge in [-0.05, 0) is 37.1 Å². The summed E-state index contributed by atoms with van der Waals surface area (Å²) in [6, 6.07) is 10.5. The SMILES string of the molecule is O=C(Nc1ccc2c(c1)OCCO2)C1C(=O)Nc2ccccc2C(=O)N1C1CCCCC1. The fourth-order valence-corrected chi connectivity index (χ4v) is 4.68. The zero-order valence-electron chi connectivity index (χ0n) is 17.6. The van der Waals surface area contributed by atoms with Gasteiger partial charge in [0.05, 0.1) is 11.3 Å². The number of nitrogens with one attached hydrogen (secondary N) is 2. The van der Waals surface area contributed by atoms with Crippen molar-refractivity contribution in [2.75, 3.05) is 23.8 Å². The Bertz CT molecular complexity index is 1060. The first kappa shape index (κ1) is 20.4. The number of rotatable bonds is 3. The van der Waals surface area contributed by atoms with Crippen LogP contribution >= 0.6 is 0 Å². The Morgan fingerprint density at radius 2 is 1.72 bits per heavy atom. The first-order chi connectivity index (χ1) is 15.6. The Morgan fingerprint density at radius 3 is 2.53 bits per heavy atom. The first-order valence-corrected chi connectivity index (χ1v) is 11.0. The van der Waals surface area contributed by atoms with E-state index >= 15 is 0 Å². The van der Waals surface area contributed by atoms with Crippen LogP contribution in [0.1, 0.15) is 42.5 Å². The molecular formula is C24H25N3O5. The van der Waals surface area contributed by atoms with Gasteiger partial charge in [0.2, 0.25) is 0 Å². The van der Waals surface area contributed by atoms with Crippen molar-refractivity contribution in [1.82, 2.24) is 4.90 Å². The summed E-state index contributed by atoms with van der Waals surface area (Å²) in [5.74, 6) is -0.217. The molecule has 2 heterocycles. The molecule has 1 saturated carbocycles. The molecule has 0 saturated heterocycles. The van der Waals surface area contributed by atoms with E-state index in [1.807, 2.05) is 0 Å². The average molecular weight is 435 g/mol. The molecule has 2 aliphatic heterocycles. The maximum Gasteiger partial charge on any atom is 0.257 e. The van der Waals surface area contributed by atoms with E-state index in [1.54, 1.807) is 42.5 Å². The number of anilines is 2. The summed E-state index contributed by atoms with van der Waals surface area (Å²) in [5.41, 5.74) is 1.31. The van der Waals surface area contributed by atoms with Crippen LogP contribution in [0.2, 0.25) is 0 Å². The molecule has 0 radical (unpaired) electrons. The smallest absolute Gasteiger partial charge is 0.257 e. The van der Waals surface area contributed by atoms with E-state index in [-0.39, 0.29) is 11.9 Å². The van der Waals surface area contributed by atoms with Crippen LogP contribution < -0.4 is 20.1 Å². The molecule has 3 amide bonds. The molecule has 32 heavy (non-hydrogen) atoms. The molecular weight excluding hydrogens is 410 g/mol. The minimum absolute atomic E-state index is 0.163. The largest absolute Gasteiger partial charge is 0.486 e. The first-order valence-electron chi connectivity index (χ1n) is 11.0. The summed E-state index contributed by atoms with van der Waals surface area (Å²) < 4.78 is 11.1. The second-order valence-electron chi connectivity index (χ2n) is 8.29. The van der Waals surface area contributed by atoms with E-state index < -0.39 is 17.9 Å². The van der Waals surface area contributed by atoms with Crippen molar-refractivity contribution >= 4 is 29.1 Å². The molecule has 2 aromatic carbocycles. The number of hydrogen-bond acceptors (Lipinski definition) is 5. The van der Waals surface area contributed by atoms with E-state index in [0.717, 1.165) is 32.1 Å². The normalized spacial score (nSPS) is 20.8. The van der Waals surface area contributed by atoms with Crippen LogP contribution in [-0.2, 0) is 9.59 Å². The van der Waals surface area contributed by atoms with E-state index in [1.165, 1.54) is 4.90 Å². The van der Waals surface area contributed by atoms with E-state index in [0.29, 0.717) is 41.7 Å². The van der Waals surface area contributed by atoms with Crippen molar-refractivity contribution in [3.63, 3.8) is 0 Å². The molecule has 1 fully saturated rings. The highest BCUT2D eigenvalue weighted by Crippen LogP contribution is 2.34. The molecule has 2 N–H and O–H groups in total. The second kappa shape index (κ2) is 8.53. The maximum absolute atomic E-state index is 13.6. The van der Waals surface area contributed by atoms with Gasteiger partial charge in [-0.3, -0.25) is 14.4 Å². The molecule has 0 bridgehead atoms. The van der Waals surface area contributed by atoms with Crippen LogP contribution in [0.3, 0.4) is 0 Å². The number of fused-ring (bicyclic) bond motifs is 2.